The molecule has 0 spiro atoms. The van der Waals surface area contributed by atoms with Crippen molar-refractivity contribution in [3.63, 3.8) is 0 Å². The molecule has 1 saturated carbocycles. The van der Waals surface area contributed by atoms with Crippen molar-refractivity contribution in [2.24, 2.45) is 5.41 Å². The summed E-state index contributed by atoms with van der Waals surface area (Å²) in [6.07, 6.45) is 5.78. The number of ketones is 1. The average Bonchev–Trinajstić information content (AvgIpc) is 3.11. The highest BCUT2D eigenvalue weighted by atomic mass is 16.2. The van der Waals surface area contributed by atoms with Gasteiger partial charge < -0.3 is 9.47 Å². The lowest BCUT2D eigenvalue weighted by Gasteiger charge is -2.55. The summed E-state index contributed by atoms with van der Waals surface area (Å²) < 4.78 is 2.24. The van der Waals surface area contributed by atoms with E-state index in [1.165, 1.54) is 5.56 Å². The van der Waals surface area contributed by atoms with Crippen molar-refractivity contribution in [3.05, 3.63) is 71.9 Å². The molecular formula is C26H28N2O2. The molecular weight excluding hydrogens is 372 g/mol. The Kier molecular flexibility index (Phi) is 4.73. The lowest BCUT2D eigenvalue weighted by molar-refractivity contribution is -0.162. The first-order chi connectivity index (χ1) is 14.6. The molecule has 4 nitrogen and oxygen atoms in total. The molecule has 2 unspecified atom stereocenters. The van der Waals surface area contributed by atoms with E-state index < -0.39 is 0 Å². The molecule has 1 amide bonds. The number of benzene rings is 2. The van der Waals surface area contributed by atoms with Crippen LogP contribution in [-0.2, 0) is 22.6 Å². The van der Waals surface area contributed by atoms with Crippen LogP contribution in [0.3, 0.4) is 0 Å². The fourth-order valence-corrected chi connectivity index (χ4v) is 5.61. The standard InChI is InChI=1S/C26H28N2O2/c1-2-26-13-8-14-28(23(26)16-24(26)29)25(30)15-20-18-27(17-19-9-4-3-5-10-19)22-12-7-6-11-21(20)22/h3-7,9-12,18,23H,2,8,13-17H2,1H3. The van der Waals surface area contributed by atoms with Crippen LogP contribution in [0.4, 0.5) is 0 Å². The van der Waals surface area contributed by atoms with E-state index in [9.17, 15) is 9.59 Å². The zero-order valence-electron chi connectivity index (χ0n) is 17.5. The van der Waals surface area contributed by atoms with Gasteiger partial charge in [0.25, 0.3) is 0 Å². The minimum Gasteiger partial charge on any atom is -0.343 e. The number of carbonyl (C=O) groups is 2. The van der Waals surface area contributed by atoms with Crippen LogP contribution in [0.15, 0.2) is 60.8 Å². The van der Waals surface area contributed by atoms with Gasteiger partial charge in [0.2, 0.25) is 5.91 Å². The van der Waals surface area contributed by atoms with E-state index in [2.05, 4.69) is 60.2 Å². The maximum Gasteiger partial charge on any atom is 0.227 e. The molecule has 2 aromatic carbocycles. The molecule has 2 heterocycles. The lowest BCUT2D eigenvalue weighted by atomic mass is 9.57. The van der Waals surface area contributed by atoms with Gasteiger partial charge in [-0.05, 0) is 36.5 Å². The van der Waals surface area contributed by atoms with Gasteiger partial charge in [-0.1, -0.05) is 55.5 Å². The molecule has 1 aromatic heterocycles. The van der Waals surface area contributed by atoms with E-state index in [4.69, 9.17) is 0 Å². The molecule has 30 heavy (non-hydrogen) atoms. The summed E-state index contributed by atoms with van der Waals surface area (Å²) in [5, 5.41) is 1.14. The second kappa shape index (κ2) is 7.42. The Balaban J connectivity index is 1.42. The number of hydrogen-bond donors (Lipinski definition) is 0. The van der Waals surface area contributed by atoms with Crippen LogP contribution in [0, 0.1) is 5.41 Å². The Morgan fingerprint density at radius 3 is 2.63 bits per heavy atom. The van der Waals surface area contributed by atoms with Gasteiger partial charge in [0, 0.05) is 42.0 Å². The molecule has 2 aliphatic rings. The van der Waals surface area contributed by atoms with Gasteiger partial charge in [0.05, 0.1) is 12.5 Å². The van der Waals surface area contributed by atoms with E-state index in [1.54, 1.807) is 0 Å². The first-order valence-electron chi connectivity index (χ1n) is 11.1. The summed E-state index contributed by atoms with van der Waals surface area (Å²) in [7, 11) is 0. The molecule has 0 N–H and O–H groups in total. The second-order valence-corrected chi connectivity index (χ2v) is 8.81. The largest absolute Gasteiger partial charge is 0.343 e. The van der Waals surface area contributed by atoms with Crippen LogP contribution in [0.25, 0.3) is 10.9 Å². The third-order valence-corrected chi connectivity index (χ3v) is 7.33. The van der Waals surface area contributed by atoms with E-state index in [1.807, 2.05) is 17.0 Å². The first kappa shape index (κ1) is 19.1. The first-order valence-corrected chi connectivity index (χ1v) is 11.1. The molecule has 5 rings (SSSR count). The zero-order chi connectivity index (χ0) is 20.7. The maximum atomic E-state index is 13.3. The summed E-state index contributed by atoms with van der Waals surface area (Å²) >= 11 is 0. The van der Waals surface area contributed by atoms with E-state index >= 15 is 0 Å². The van der Waals surface area contributed by atoms with Crippen LogP contribution < -0.4 is 0 Å². The number of fused-ring (bicyclic) bond motifs is 2. The summed E-state index contributed by atoms with van der Waals surface area (Å²) in [6, 6.07) is 18.8. The Morgan fingerprint density at radius 1 is 1.10 bits per heavy atom. The number of nitrogens with zero attached hydrogens (tertiary/aromatic N) is 2. The van der Waals surface area contributed by atoms with Gasteiger partial charge in [-0.2, -0.15) is 0 Å². The van der Waals surface area contributed by atoms with Gasteiger partial charge >= 0.3 is 0 Å². The van der Waals surface area contributed by atoms with Crippen molar-refractivity contribution in [1.29, 1.82) is 0 Å². The average molecular weight is 401 g/mol. The van der Waals surface area contributed by atoms with E-state index in [0.29, 0.717) is 18.6 Å². The Morgan fingerprint density at radius 2 is 1.87 bits per heavy atom. The van der Waals surface area contributed by atoms with Gasteiger partial charge in [-0.3, -0.25) is 9.59 Å². The summed E-state index contributed by atoms with van der Waals surface area (Å²) in [4.78, 5) is 27.7. The van der Waals surface area contributed by atoms with Crippen LogP contribution >= 0.6 is 0 Å². The number of hydrogen-bond acceptors (Lipinski definition) is 2. The number of piperidine rings is 1. The molecule has 154 valence electrons. The molecule has 2 atom stereocenters. The predicted octanol–water partition coefficient (Wildman–Crippen LogP) is 4.59. The van der Waals surface area contributed by atoms with Gasteiger partial charge in [0.15, 0.2) is 0 Å². The van der Waals surface area contributed by atoms with Gasteiger partial charge in [-0.15, -0.1) is 0 Å². The molecule has 1 aliphatic carbocycles. The fraction of sp³-hybridized carbons (Fsp3) is 0.385. The fourth-order valence-electron chi connectivity index (χ4n) is 5.61. The highest BCUT2D eigenvalue weighted by Gasteiger charge is 2.57. The number of para-hydroxylation sites is 1. The van der Waals surface area contributed by atoms with Crippen molar-refractivity contribution in [1.82, 2.24) is 9.47 Å². The third-order valence-electron chi connectivity index (χ3n) is 7.33. The summed E-state index contributed by atoms with van der Waals surface area (Å²) in [6.45, 7) is 3.66. The summed E-state index contributed by atoms with van der Waals surface area (Å²) in [5.74, 6) is 0.514. The maximum absolute atomic E-state index is 13.3. The minimum atomic E-state index is -0.269. The van der Waals surface area contributed by atoms with Crippen LogP contribution in [0.5, 0.6) is 0 Å². The molecule has 0 bridgehead atoms. The molecule has 3 aromatic rings. The highest BCUT2D eigenvalue weighted by molar-refractivity contribution is 5.95. The number of aromatic nitrogens is 1. The van der Waals surface area contributed by atoms with Crippen molar-refractivity contribution in [2.75, 3.05) is 6.54 Å². The van der Waals surface area contributed by atoms with Crippen molar-refractivity contribution < 1.29 is 9.59 Å². The van der Waals surface area contributed by atoms with E-state index in [-0.39, 0.29) is 17.4 Å². The van der Waals surface area contributed by atoms with Gasteiger partial charge in [-0.25, -0.2) is 0 Å². The van der Waals surface area contributed by atoms with Gasteiger partial charge in [0.1, 0.15) is 5.78 Å². The minimum absolute atomic E-state index is 0.105. The SMILES string of the molecule is CCC12CCCN(C(=O)Cc3cn(Cc4ccccc4)c4ccccc34)C1CC2=O. The highest BCUT2D eigenvalue weighted by Crippen LogP contribution is 2.50. The number of Topliss-reactive ketones (excluding diaryl/α,β-unsaturated/α-hetero) is 1. The summed E-state index contributed by atoms with van der Waals surface area (Å²) in [5.41, 5.74) is 3.21. The smallest absolute Gasteiger partial charge is 0.227 e. The Labute approximate surface area is 177 Å². The van der Waals surface area contributed by atoms with Crippen LogP contribution in [0.2, 0.25) is 0 Å². The Bertz CT molecular complexity index is 1100. The van der Waals surface area contributed by atoms with Crippen LogP contribution in [0.1, 0.15) is 43.7 Å². The molecule has 1 aliphatic heterocycles. The third kappa shape index (κ3) is 2.97. The van der Waals surface area contributed by atoms with E-state index in [0.717, 1.165) is 48.8 Å². The molecule has 2 fully saturated rings. The molecule has 0 radical (unpaired) electrons. The van der Waals surface area contributed by atoms with Crippen LogP contribution in [-0.4, -0.2) is 33.7 Å². The second-order valence-electron chi connectivity index (χ2n) is 8.81. The Hall–Kier alpha value is -2.88. The quantitative estimate of drug-likeness (QED) is 0.628. The number of carbonyl (C=O) groups excluding carboxylic acids is 2. The predicted molar refractivity (Wildman–Crippen MR) is 118 cm³/mol. The lowest BCUT2D eigenvalue weighted by Crippen LogP contribution is -2.65. The van der Waals surface area contributed by atoms with Crippen molar-refractivity contribution in [2.45, 2.75) is 51.6 Å². The number of amides is 1. The normalized spacial score (nSPS) is 23.3. The number of likely N-dealkylation sites (tertiary alicyclic amines) is 1. The molecule has 4 heteroatoms. The monoisotopic (exact) mass is 400 g/mol. The zero-order valence-corrected chi connectivity index (χ0v) is 17.5. The number of rotatable bonds is 5. The topological polar surface area (TPSA) is 42.3 Å². The van der Waals surface area contributed by atoms with Crippen molar-refractivity contribution >= 4 is 22.6 Å². The van der Waals surface area contributed by atoms with Crippen molar-refractivity contribution in [3.8, 4) is 0 Å². The molecule has 1 saturated heterocycles.